The molecule has 3 nitrogen and oxygen atoms in total. The van der Waals surface area contributed by atoms with Crippen LogP contribution in [-0.4, -0.2) is 12.9 Å². The summed E-state index contributed by atoms with van der Waals surface area (Å²) in [5.74, 6) is 1.28. The summed E-state index contributed by atoms with van der Waals surface area (Å²) >= 11 is 0. The molecule has 3 rings (SSSR count). The van der Waals surface area contributed by atoms with E-state index in [4.69, 9.17) is 9.47 Å². The summed E-state index contributed by atoms with van der Waals surface area (Å²) in [6, 6.07) is 25.7. The number of aldehydes is 1. The summed E-state index contributed by atoms with van der Waals surface area (Å²) in [6.45, 7) is 1.06. The van der Waals surface area contributed by atoms with E-state index in [-0.39, 0.29) is 0 Å². The van der Waals surface area contributed by atoms with E-state index in [1.807, 2.05) is 36.4 Å². The minimum Gasteiger partial charge on any atom is -0.490 e. The van der Waals surface area contributed by atoms with Crippen molar-refractivity contribution in [3.63, 3.8) is 0 Å². The van der Waals surface area contributed by atoms with E-state index in [0.29, 0.717) is 30.3 Å². The lowest BCUT2D eigenvalue weighted by Crippen LogP contribution is -2.03. The first-order chi connectivity index (χ1) is 13.3. The molecule has 0 amide bonds. The Labute approximate surface area is 160 Å². The molecule has 0 bridgehead atoms. The molecule has 3 heteroatoms. The van der Waals surface area contributed by atoms with Gasteiger partial charge < -0.3 is 9.47 Å². The van der Waals surface area contributed by atoms with Gasteiger partial charge >= 0.3 is 0 Å². The summed E-state index contributed by atoms with van der Waals surface area (Å²) in [4.78, 5) is 11.1. The van der Waals surface area contributed by atoms with Gasteiger partial charge in [0.1, 0.15) is 12.9 Å². The monoisotopic (exact) mass is 360 g/mol. The highest BCUT2D eigenvalue weighted by Crippen LogP contribution is 2.29. The lowest BCUT2D eigenvalue weighted by Gasteiger charge is -2.13. The lowest BCUT2D eigenvalue weighted by atomic mass is 10.1. The highest BCUT2D eigenvalue weighted by molar-refractivity contribution is 5.76. The first-order valence-corrected chi connectivity index (χ1v) is 9.28. The first-order valence-electron chi connectivity index (χ1n) is 9.28. The van der Waals surface area contributed by atoms with Crippen LogP contribution in [0.25, 0.3) is 0 Å². The third-order valence-electron chi connectivity index (χ3n) is 4.30. The van der Waals surface area contributed by atoms with Crippen molar-refractivity contribution < 1.29 is 14.3 Å². The number of hydrogen-bond donors (Lipinski definition) is 0. The van der Waals surface area contributed by atoms with Gasteiger partial charge in [-0.15, -0.1) is 0 Å². The highest BCUT2D eigenvalue weighted by Gasteiger charge is 2.07. The van der Waals surface area contributed by atoms with E-state index < -0.39 is 0 Å². The van der Waals surface area contributed by atoms with Crippen LogP contribution in [0.15, 0.2) is 78.9 Å². The number of carbonyl (C=O) groups excluding carboxylic acids is 1. The van der Waals surface area contributed by atoms with Crippen LogP contribution in [0, 0.1) is 0 Å². The summed E-state index contributed by atoms with van der Waals surface area (Å²) in [6.07, 6.45) is 3.86. The number of benzene rings is 3. The fourth-order valence-corrected chi connectivity index (χ4v) is 2.82. The maximum absolute atomic E-state index is 11.1. The molecule has 0 fully saturated rings. The van der Waals surface area contributed by atoms with Crippen LogP contribution >= 0.6 is 0 Å². The maximum Gasteiger partial charge on any atom is 0.161 e. The van der Waals surface area contributed by atoms with Gasteiger partial charge in [0.05, 0.1) is 6.61 Å². The van der Waals surface area contributed by atoms with Crippen molar-refractivity contribution >= 4 is 6.29 Å². The van der Waals surface area contributed by atoms with Gasteiger partial charge in [-0.1, -0.05) is 60.7 Å². The minimum atomic E-state index is 0.464. The number of ether oxygens (including phenoxy) is 2. The number of unbranched alkanes of at least 4 members (excludes halogenated alkanes) is 1. The molecule has 3 aromatic carbocycles. The number of carbonyl (C=O) groups is 1. The normalized spacial score (nSPS) is 10.4. The van der Waals surface area contributed by atoms with E-state index in [1.54, 1.807) is 18.2 Å². The van der Waals surface area contributed by atoms with Gasteiger partial charge in [-0.25, -0.2) is 0 Å². The third-order valence-corrected chi connectivity index (χ3v) is 4.30. The standard InChI is InChI=1S/C24H24O3/c25-18-22-14-15-23(27-19-21-12-5-2-6-13-21)24(17-22)26-16-8-7-11-20-9-3-1-4-10-20/h1-6,9-10,12-15,17-18H,7-8,11,16,19H2. The molecule has 0 unspecified atom stereocenters. The van der Waals surface area contributed by atoms with Crippen molar-refractivity contribution in [2.75, 3.05) is 6.61 Å². The SMILES string of the molecule is O=Cc1ccc(OCc2ccccc2)c(OCCCCc2ccccc2)c1. The van der Waals surface area contributed by atoms with Gasteiger partial charge in [-0.3, -0.25) is 4.79 Å². The number of rotatable bonds is 10. The molecular formula is C24H24O3. The molecular weight excluding hydrogens is 336 g/mol. The first kappa shape index (κ1) is 18.7. The van der Waals surface area contributed by atoms with Crippen LogP contribution in [-0.2, 0) is 13.0 Å². The Balaban J connectivity index is 1.53. The maximum atomic E-state index is 11.1. The number of aryl methyl sites for hydroxylation is 1. The zero-order valence-corrected chi connectivity index (χ0v) is 15.3. The summed E-state index contributed by atoms with van der Waals surface area (Å²) in [5.41, 5.74) is 3.01. The molecule has 0 N–H and O–H groups in total. The largest absolute Gasteiger partial charge is 0.490 e. The molecule has 27 heavy (non-hydrogen) atoms. The van der Waals surface area contributed by atoms with E-state index >= 15 is 0 Å². The average Bonchev–Trinajstić information content (AvgIpc) is 2.74. The van der Waals surface area contributed by atoms with Crippen LogP contribution in [0.5, 0.6) is 11.5 Å². The van der Waals surface area contributed by atoms with Crippen LogP contribution in [0.2, 0.25) is 0 Å². The third kappa shape index (κ3) is 6.00. The van der Waals surface area contributed by atoms with Gasteiger partial charge in [-0.05, 0) is 48.6 Å². The Morgan fingerprint density at radius 2 is 1.41 bits per heavy atom. The fraction of sp³-hybridized carbons (Fsp3) is 0.208. The average molecular weight is 360 g/mol. The second-order valence-corrected chi connectivity index (χ2v) is 6.39. The zero-order chi connectivity index (χ0) is 18.7. The summed E-state index contributed by atoms with van der Waals surface area (Å²) < 4.78 is 11.8. The molecule has 0 spiro atoms. The Kier molecular flexibility index (Phi) is 7.05. The molecule has 138 valence electrons. The van der Waals surface area contributed by atoms with E-state index in [9.17, 15) is 4.79 Å². The summed E-state index contributed by atoms with van der Waals surface area (Å²) in [7, 11) is 0. The van der Waals surface area contributed by atoms with Gasteiger partial charge in [0.25, 0.3) is 0 Å². The lowest BCUT2D eigenvalue weighted by molar-refractivity contribution is 0.112. The molecule has 0 aliphatic rings. The highest BCUT2D eigenvalue weighted by atomic mass is 16.5. The van der Waals surface area contributed by atoms with Gasteiger partial charge in [-0.2, -0.15) is 0 Å². The predicted molar refractivity (Wildman–Crippen MR) is 107 cm³/mol. The van der Waals surface area contributed by atoms with Crippen molar-refractivity contribution in [2.45, 2.75) is 25.9 Å². The quantitative estimate of drug-likeness (QED) is 0.355. The van der Waals surface area contributed by atoms with Crippen molar-refractivity contribution in [1.29, 1.82) is 0 Å². The van der Waals surface area contributed by atoms with Gasteiger partial charge in [0.2, 0.25) is 0 Å². The fourth-order valence-electron chi connectivity index (χ4n) is 2.82. The molecule has 0 aromatic heterocycles. The van der Waals surface area contributed by atoms with Crippen molar-refractivity contribution in [3.05, 3.63) is 95.6 Å². The van der Waals surface area contributed by atoms with Crippen LogP contribution < -0.4 is 9.47 Å². The van der Waals surface area contributed by atoms with Gasteiger partial charge in [0, 0.05) is 5.56 Å². The van der Waals surface area contributed by atoms with Crippen molar-refractivity contribution in [3.8, 4) is 11.5 Å². The molecule has 0 saturated heterocycles. The van der Waals surface area contributed by atoms with Crippen molar-refractivity contribution in [2.24, 2.45) is 0 Å². The van der Waals surface area contributed by atoms with Crippen LogP contribution in [0.1, 0.15) is 34.3 Å². The minimum absolute atomic E-state index is 0.464. The van der Waals surface area contributed by atoms with E-state index in [1.165, 1.54) is 5.56 Å². The molecule has 0 aliphatic carbocycles. The Morgan fingerprint density at radius 3 is 2.11 bits per heavy atom. The topological polar surface area (TPSA) is 35.5 Å². The Morgan fingerprint density at radius 1 is 0.704 bits per heavy atom. The second kappa shape index (κ2) is 10.2. The van der Waals surface area contributed by atoms with Crippen molar-refractivity contribution in [1.82, 2.24) is 0 Å². The molecule has 0 atom stereocenters. The van der Waals surface area contributed by atoms with E-state index in [0.717, 1.165) is 31.1 Å². The van der Waals surface area contributed by atoms with Crippen LogP contribution in [0.4, 0.5) is 0 Å². The molecule has 0 saturated carbocycles. The zero-order valence-electron chi connectivity index (χ0n) is 15.3. The smallest absolute Gasteiger partial charge is 0.161 e. The molecule has 3 aromatic rings. The molecule has 0 radical (unpaired) electrons. The van der Waals surface area contributed by atoms with Crippen LogP contribution in [0.3, 0.4) is 0 Å². The summed E-state index contributed by atoms with van der Waals surface area (Å²) in [5, 5.41) is 0. The number of hydrogen-bond acceptors (Lipinski definition) is 3. The predicted octanol–water partition coefficient (Wildman–Crippen LogP) is 5.48. The second-order valence-electron chi connectivity index (χ2n) is 6.39. The molecule has 0 aliphatic heterocycles. The van der Waals surface area contributed by atoms with E-state index in [2.05, 4.69) is 24.3 Å². The van der Waals surface area contributed by atoms with Gasteiger partial charge in [0.15, 0.2) is 11.5 Å². The Bertz CT molecular complexity index is 829. The molecule has 0 heterocycles. The Hall–Kier alpha value is -3.07.